The molecule has 1 atom stereocenters. The number of imidazole rings is 1. The third kappa shape index (κ3) is 3.37. The molecule has 1 aromatic carbocycles. The molecule has 0 spiro atoms. The number of carbonyl (C=O) groups is 1. The zero-order valence-corrected chi connectivity index (χ0v) is 13.2. The average molecular weight is 315 g/mol. The monoisotopic (exact) mass is 315 g/mol. The lowest BCUT2D eigenvalue weighted by Gasteiger charge is -2.22. The summed E-state index contributed by atoms with van der Waals surface area (Å²) in [7, 11) is 0. The van der Waals surface area contributed by atoms with E-state index in [1.54, 1.807) is 41.6 Å². The number of rotatable bonds is 2. The van der Waals surface area contributed by atoms with Crippen molar-refractivity contribution >= 4 is 5.91 Å². The van der Waals surface area contributed by atoms with Crippen molar-refractivity contribution in [3.8, 4) is 5.69 Å². The van der Waals surface area contributed by atoms with Crippen LogP contribution in [0.2, 0.25) is 0 Å². The summed E-state index contributed by atoms with van der Waals surface area (Å²) in [6.07, 6.45) is 5.27. The highest BCUT2D eigenvalue weighted by Crippen LogP contribution is 2.22. The van der Waals surface area contributed by atoms with Gasteiger partial charge in [0.2, 0.25) is 0 Å². The zero-order chi connectivity index (χ0) is 16.4. The SMILES string of the molecule is CC1(O)CCCN(C(=O)c2cccc(-n3cc[nH]c3=O)c2)CC1. The molecule has 1 fully saturated rings. The standard InChI is InChI=1S/C17H21N3O3/c1-17(23)6-3-9-19(10-7-17)15(21)13-4-2-5-14(12-13)20-11-8-18-16(20)22/h2,4-5,8,11-12,23H,3,6-7,9-10H2,1H3,(H,18,22). The lowest BCUT2D eigenvalue weighted by molar-refractivity contribution is 0.0438. The Kier molecular flexibility index (Phi) is 4.09. The number of nitrogens with one attached hydrogen (secondary N) is 1. The highest BCUT2D eigenvalue weighted by Gasteiger charge is 2.27. The fourth-order valence-corrected chi connectivity index (χ4v) is 2.96. The normalized spacial score (nSPS) is 21.9. The molecule has 2 aromatic rings. The van der Waals surface area contributed by atoms with Crippen molar-refractivity contribution in [2.24, 2.45) is 0 Å². The Morgan fingerprint density at radius 3 is 2.87 bits per heavy atom. The molecule has 1 aliphatic heterocycles. The highest BCUT2D eigenvalue weighted by molar-refractivity contribution is 5.94. The lowest BCUT2D eigenvalue weighted by Crippen LogP contribution is -2.33. The van der Waals surface area contributed by atoms with Gasteiger partial charge in [0, 0.05) is 31.0 Å². The highest BCUT2D eigenvalue weighted by atomic mass is 16.3. The minimum absolute atomic E-state index is 0.0619. The molecule has 6 nitrogen and oxygen atoms in total. The first-order chi connectivity index (χ1) is 11.0. The van der Waals surface area contributed by atoms with Crippen molar-refractivity contribution in [1.29, 1.82) is 0 Å². The minimum atomic E-state index is -0.699. The predicted molar refractivity (Wildman–Crippen MR) is 86.8 cm³/mol. The van der Waals surface area contributed by atoms with Gasteiger partial charge in [-0.3, -0.25) is 9.36 Å². The molecular formula is C17H21N3O3. The summed E-state index contributed by atoms with van der Waals surface area (Å²) < 4.78 is 1.46. The Bertz CT molecular complexity index is 760. The number of H-pyrrole nitrogens is 1. The Balaban J connectivity index is 1.83. The van der Waals surface area contributed by atoms with Crippen LogP contribution >= 0.6 is 0 Å². The molecule has 2 heterocycles. The van der Waals surface area contributed by atoms with E-state index >= 15 is 0 Å². The molecule has 1 aromatic heterocycles. The first kappa shape index (κ1) is 15.6. The lowest BCUT2D eigenvalue weighted by atomic mass is 9.98. The third-order valence-corrected chi connectivity index (χ3v) is 4.37. The summed E-state index contributed by atoms with van der Waals surface area (Å²) in [5.74, 6) is -0.0619. The number of carbonyl (C=O) groups excluding carboxylic acids is 1. The van der Waals surface area contributed by atoms with Gasteiger partial charge in [0.25, 0.3) is 5.91 Å². The number of nitrogens with zero attached hydrogens (tertiary/aromatic N) is 2. The van der Waals surface area contributed by atoms with Gasteiger partial charge in [-0.2, -0.15) is 0 Å². The second-order valence-electron chi connectivity index (χ2n) is 6.33. The summed E-state index contributed by atoms with van der Waals surface area (Å²) in [6, 6.07) is 7.04. The van der Waals surface area contributed by atoms with Crippen LogP contribution in [0.5, 0.6) is 0 Å². The van der Waals surface area contributed by atoms with E-state index in [0.29, 0.717) is 37.2 Å². The maximum absolute atomic E-state index is 12.7. The van der Waals surface area contributed by atoms with Gasteiger partial charge in [0.1, 0.15) is 0 Å². The van der Waals surface area contributed by atoms with Crippen molar-refractivity contribution in [2.75, 3.05) is 13.1 Å². The van der Waals surface area contributed by atoms with Crippen molar-refractivity contribution in [2.45, 2.75) is 31.8 Å². The van der Waals surface area contributed by atoms with E-state index in [-0.39, 0.29) is 11.6 Å². The fourth-order valence-electron chi connectivity index (χ4n) is 2.96. The first-order valence-electron chi connectivity index (χ1n) is 7.84. The molecule has 0 bridgehead atoms. The number of benzene rings is 1. The van der Waals surface area contributed by atoms with E-state index in [2.05, 4.69) is 4.98 Å². The molecule has 1 saturated heterocycles. The van der Waals surface area contributed by atoms with Gasteiger partial charge in [-0.15, -0.1) is 0 Å². The van der Waals surface area contributed by atoms with E-state index in [1.807, 2.05) is 6.92 Å². The van der Waals surface area contributed by atoms with Crippen LogP contribution in [-0.4, -0.2) is 44.2 Å². The largest absolute Gasteiger partial charge is 0.390 e. The molecule has 0 radical (unpaired) electrons. The molecule has 0 saturated carbocycles. The molecular weight excluding hydrogens is 294 g/mol. The van der Waals surface area contributed by atoms with Crippen molar-refractivity contribution in [3.05, 3.63) is 52.7 Å². The Hall–Kier alpha value is -2.34. The van der Waals surface area contributed by atoms with Gasteiger partial charge in [0.05, 0.1) is 11.3 Å². The van der Waals surface area contributed by atoms with Crippen LogP contribution < -0.4 is 5.69 Å². The van der Waals surface area contributed by atoms with Gasteiger partial charge in [-0.1, -0.05) is 6.07 Å². The average Bonchev–Trinajstić information content (AvgIpc) is 2.87. The maximum atomic E-state index is 12.7. The second kappa shape index (κ2) is 6.04. The van der Waals surface area contributed by atoms with E-state index in [0.717, 1.165) is 6.42 Å². The summed E-state index contributed by atoms with van der Waals surface area (Å²) >= 11 is 0. The van der Waals surface area contributed by atoms with Crippen molar-refractivity contribution < 1.29 is 9.90 Å². The molecule has 3 rings (SSSR count). The van der Waals surface area contributed by atoms with Crippen LogP contribution in [0.3, 0.4) is 0 Å². The summed E-state index contributed by atoms with van der Waals surface area (Å²) in [6.45, 7) is 3.00. The second-order valence-corrected chi connectivity index (χ2v) is 6.33. The summed E-state index contributed by atoms with van der Waals surface area (Å²) in [4.78, 5) is 28.8. The van der Waals surface area contributed by atoms with Gasteiger partial charge < -0.3 is 15.0 Å². The van der Waals surface area contributed by atoms with E-state index in [9.17, 15) is 14.7 Å². The van der Waals surface area contributed by atoms with Crippen LogP contribution in [0.25, 0.3) is 5.69 Å². The Morgan fingerprint density at radius 2 is 2.13 bits per heavy atom. The quantitative estimate of drug-likeness (QED) is 0.882. The molecule has 1 aliphatic rings. The summed E-state index contributed by atoms with van der Waals surface area (Å²) in [5, 5.41) is 10.1. The molecule has 1 amide bonds. The van der Waals surface area contributed by atoms with Gasteiger partial charge in [-0.25, -0.2) is 4.79 Å². The van der Waals surface area contributed by atoms with Crippen LogP contribution in [0.1, 0.15) is 36.5 Å². The number of aromatic amines is 1. The first-order valence-corrected chi connectivity index (χ1v) is 7.84. The number of likely N-dealkylation sites (tertiary alicyclic amines) is 1. The van der Waals surface area contributed by atoms with Gasteiger partial charge in [-0.05, 0) is 44.4 Å². The molecule has 6 heteroatoms. The van der Waals surface area contributed by atoms with Crippen molar-refractivity contribution in [3.63, 3.8) is 0 Å². The summed E-state index contributed by atoms with van der Waals surface area (Å²) in [5.41, 5.74) is 0.274. The predicted octanol–water partition coefficient (Wildman–Crippen LogP) is 1.54. The number of hydrogen-bond acceptors (Lipinski definition) is 3. The molecule has 2 N–H and O–H groups in total. The van der Waals surface area contributed by atoms with Crippen LogP contribution in [0.4, 0.5) is 0 Å². The number of aromatic nitrogens is 2. The van der Waals surface area contributed by atoms with Gasteiger partial charge >= 0.3 is 5.69 Å². The van der Waals surface area contributed by atoms with Crippen molar-refractivity contribution in [1.82, 2.24) is 14.5 Å². The Morgan fingerprint density at radius 1 is 1.30 bits per heavy atom. The topological polar surface area (TPSA) is 78.3 Å². The zero-order valence-electron chi connectivity index (χ0n) is 13.2. The number of hydrogen-bond donors (Lipinski definition) is 2. The minimum Gasteiger partial charge on any atom is -0.390 e. The number of aliphatic hydroxyl groups is 1. The Labute approximate surface area is 134 Å². The van der Waals surface area contributed by atoms with E-state index < -0.39 is 5.60 Å². The smallest absolute Gasteiger partial charge is 0.330 e. The van der Waals surface area contributed by atoms with Crippen LogP contribution in [-0.2, 0) is 0 Å². The molecule has 23 heavy (non-hydrogen) atoms. The molecule has 1 unspecified atom stereocenters. The third-order valence-electron chi connectivity index (χ3n) is 4.37. The van der Waals surface area contributed by atoms with Crippen LogP contribution in [0, 0.1) is 0 Å². The fraction of sp³-hybridized carbons (Fsp3) is 0.412. The maximum Gasteiger partial charge on any atom is 0.330 e. The molecule has 122 valence electrons. The number of amides is 1. The van der Waals surface area contributed by atoms with Crippen LogP contribution in [0.15, 0.2) is 41.5 Å². The van der Waals surface area contributed by atoms with Gasteiger partial charge in [0.15, 0.2) is 0 Å². The van der Waals surface area contributed by atoms with E-state index in [4.69, 9.17) is 0 Å². The molecule has 0 aliphatic carbocycles. The van der Waals surface area contributed by atoms with E-state index in [1.165, 1.54) is 4.57 Å².